The number of hydrogen-bond donors (Lipinski definition) is 1. The van der Waals surface area contributed by atoms with Crippen LogP contribution in [-0.4, -0.2) is 22.2 Å². The van der Waals surface area contributed by atoms with Gasteiger partial charge in [0.05, 0.1) is 4.92 Å². The predicted molar refractivity (Wildman–Crippen MR) is 68.4 cm³/mol. The fourth-order valence-electron chi connectivity index (χ4n) is 1.36. The van der Waals surface area contributed by atoms with Gasteiger partial charge in [0, 0.05) is 17.4 Å². The van der Waals surface area contributed by atoms with Crippen LogP contribution < -0.4 is 5.32 Å². The van der Waals surface area contributed by atoms with E-state index >= 15 is 0 Å². The lowest BCUT2D eigenvalue weighted by molar-refractivity contribution is -0.387. The van der Waals surface area contributed by atoms with Crippen molar-refractivity contribution in [2.75, 3.05) is 6.54 Å². The summed E-state index contributed by atoms with van der Waals surface area (Å²) in [5.41, 5.74) is -1.86. The van der Waals surface area contributed by atoms with E-state index in [2.05, 4.69) is 21.2 Å². The van der Waals surface area contributed by atoms with Gasteiger partial charge >= 0.3 is 5.69 Å². The molecule has 0 aliphatic heterocycles. The Kier molecular flexibility index (Phi) is 5.34. The first-order chi connectivity index (χ1) is 8.84. The molecule has 8 heteroatoms. The van der Waals surface area contributed by atoms with E-state index in [-0.39, 0.29) is 11.4 Å². The number of benzene rings is 1. The molecule has 5 nitrogen and oxygen atoms in total. The van der Waals surface area contributed by atoms with E-state index in [1.54, 1.807) is 0 Å². The lowest BCUT2D eigenvalue weighted by Gasteiger charge is -2.08. The summed E-state index contributed by atoms with van der Waals surface area (Å²) in [5, 5.41) is 12.8. The summed E-state index contributed by atoms with van der Waals surface area (Å²) in [4.78, 5) is 21.3. The highest BCUT2D eigenvalue weighted by molar-refractivity contribution is 9.09. The standard InChI is InChI=1S/C11H11BrF2N2O3/c1-6(12)4-5-15-11(17)9-7(13)2-3-8(10(9)14)16(18)19/h2-3,6H,4-5H2,1H3,(H,15,17). The van der Waals surface area contributed by atoms with E-state index in [0.29, 0.717) is 18.6 Å². The van der Waals surface area contributed by atoms with Crippen LogP contribution in [0.1, 0.15) is 23.7 Å². The van der Waals surface area contributed by atoms with Crippen molar-refractivity contribution in [3.63, 3.8) is 0 Å². The average molecular weight is 337 g/mol. The fraction of sp³-hybridized carbons (Fsp3) is 0.364. The zero-order chi connectivity index (χ0) is 14.6. The Bertz CT molecular complexity index is 509. The van der Waals surface area contributed by atoms with Crippen molar-refractivity contribution in [2.24, 2.45) is 0 Å². The number of carbonyl (C=O) groups excluding carboxylic acids is 1. The molecule has 1 unspecified atom stereocenters. The Morgan fingerprint density at radius 1 is 1.53 bits per heavy atom. The molecule has 0 bridgehead atoms. The van der Waals surface area contributed by atoms with Crippen LogP contribution in [-0.2, 0) is 0 Å². The van der Waals surface area contributed by atoms with Gasteiger partial charge in [-0.1, -0.05) is 22.9 Å². The van der Waals surface area contributed by atoms with Crippen LogP contribution in [0.5, 0.6) is 0 Å². The zero-order valence-electron chi connectivity index (χ0n) is 9.95. The van der Waals surface area contributed by atoms with Crippen molar-refractivity contribution in [3.05, 3.63) is 39.4 Å². The second-order valence-corrected chi connectivity index (χ2v) is 5.40. The molecule has 104 valence electrons. The minimum absolute atomic E-state index is 0.132. The summed E-state index contributed by atoms with van der Waals surface area (Å²) in [6, 6.07) is 1.38. The maximum Gasteiger partial charge on any atom is 0.305 e. The summed E-state index contributed by atoms with van der Waals surface area (Å²) in [6.45, 7) is 2.05. The molecule has 0 spiro atoms. The monoisotopic (exact) mass is 336 g/mol. The first kappa shape index (κ1) is 15.5. The third-order valence-electron chi connectivity index (χ3n) is 2.32. The molecule has 0 radical (unpaired) electrons. The van der Waals surface area contributed by atoms with Gasteiger partial charge in [-0.25, -0.2) is 4.39 Å². The maximum atomic E-state index is 13.7. The number of hydrogen-bond acceptors (Lipinski definition) is 3. The Morgan fingerprint density at radius 3 is 2.68 bits per heavy atom. The topological polar surface area (TPSA) is 72.2 Å². The van der Waals surface area contributed by atoms with Gasteiger partial charge in [0.25, 0.3) is 5.91 Å². The second-order valence-electron chi connectivity index (χ2n) is 3.84. The number of halogens is 3. The highest BCUT2D eigenvalue weighted by atomic mass is 79.9. The molecule has 0 saturated carbocycles. The Morgan fingerprint density at radius 2 is 2.16 bits per heavy atom. The van der Waals surface area contributed by atoms with Crippen LogP contribution in [0.3, 0.4) is 0 Å². The minimum atomic E-state index is -1.46. The number of rotatable bonds is 5. The zero-order valence-corrected chi connectivity index (χ0v) is 11.5. The number of nitrogens with zero attached hydrogens (tertiary/aromatic N) is 1. The van der Waals surface area contributed by atoms with Gasteiger partial charge < -0.3 is 5.32 Å². The number of alkyl halides is 1. The Hall–Kier alpha value is -1.57. The van der Waals surface area contributed by atoms with Gasteiger partial charge in [0.1, 0.15) is 11.4 Å². The van der Waals surface area contributed by atoms with Crippen LogP contribution in [0.2, 0.25) is 0 Å². The van der Waals surface area contributed by atoms with Gasteiger partial charge in [-0.15, -0.1) is 0 Å². The number of nitro groups is 1. The van der Waals surface area contributed by atoms with Crippen molar-refractivity contribution in [1.82, 2.24) is 5.32 Å². The molecule has 1 rings (SSSR count). The molecule has 0 aromatic heterocycles. The van der Waals surface area contributed by atoms with Crippen molar-refractivity contribution in [1.29, 1.82) is 0 Å². The first-order valence-corrected chi connectivity index (χ1v) is 6.30. The molecule has 1 N–H and O–H groups in total. The van der Waals surface area contributed by atoms with E-state index in [9.17, 15) is 23.7 Å². The largest absolute Gasteiger partial charge is 0.352 e. The molecule has 0 fully saturated rings. The van der Waals surface area contributed by atoms with E-state index < -0.39 is 33.7 Å². The SMILES string of the molecule is CC(Br)CCNC(=O)c1c(F)ccc([N+](=O)[O-])c1F. The molecule has 1 atom stereocenters. The smallest absolute Gasteiger partial charge is 0.305 e. The van der Waals surface area contributed by atoms with Crippen LogP contribution in [0.4, 0.5) is 14.5 Å². The highest BCUT2D eigenvalue weighted by Gasteiger charge is 2.25. The summed E-state index contributed by atoms with van der Waals surface area (Å²) in [6.07, 6.45) is 0.559. The summed E-state index contributed by atoms with van der Waals surface area (Å²) < 4.78 is 27.1. The first-order valence-electron chi connectivity index (χ1n) is 5.39. The number of nitrogens with one attached hydrogen (secondary N) is 1. The molecule has 0 aliphatic rings. The summed E-state index contributed by atoms with van der Waals surface area (Å²) >= 11 is 3.25. The van der Waals surface area contributed by atoms with E-state index in [1.165, 1.54) is 0 Å². The molecule has 1 aromatic rings. The van der Waals surface area contributed by atoms with Crippen LogP contribution in [0, 0.1) is 21.7 Å². The molecular weight excluding hydrogens is 326 g/mol. The normalized spacial score (nSPS) is 12.0. The second kappa shape index (κ2) is 6.55. The van der Waals surface area contributed by atoms with Crippen molar-refractivity contribution in [3.8, 4) is 0 Å². The fourth-order valence-corrected chi connectivity index (χ4v) is 1.59. The van der Waals surface area contributed by atoms with Gasteiger partial charge in [0.2, 0.25) is 5.82 Å². The van der Waals surface area contributed by atoms with Crippen LogP contribution >= 0.6 is 15.9 Å². The third kappa shape index (κ3) is 3.95. The lowest BCUT2D eigenvalue weighted by Crippen LogP contribution is -2.27. The number of carbonyl (C=O) groups is 1. The minimum Gasteiger partial charge on any atom is -0.352 e. The average Bonchev–Trinajstić information content (AvgIpc) is 2.27. The quantitative estimate of drug-likeness (QED) is 0.510. The Balaban J connectivity index is 2.96. The molecular formula is C11H11BrF2N2O3. The maximum absolute atomic E-state index is 13.7. The van der Waals surface area contributed by atoms with Crippen LogP contribution in [0.25, 0.3) is 0 Å². The lowest BCUT2D eigenvalue weighted by atomic mass is 10.1. The summed E-state index contributed by atoms with van der Waals surface area (Å²) in [5.74, 6) is -3.60. The highest BCUT2D eigenvalue weighted by Crippen LogP contribution is 2.22. The van der Waals surface area contributed by atoms with Gasteiger partial charge in [-0.2, -0.15) is 4.39 Å². The van der Waals surface area contributed by atoms with Crippen molar-refractivity contribution >= 4 is 27.5 Å². The molecule has 0 heterocycles. The summed E-state index contributed by atoms with van der Waals surface area (Å²) in [7, 11) is 0. The van der Waals surface area contributed by atoms with Crippen LogP contribution in [0.15, 0.2) is 12.1 Å². The van der Waals surface area contributed by atoms with E-state index in [4.69, 9.17) is 0 Å². The van der Waals surface area contributed by atoms with E-state index in [1.807, 2.05) is 6.92 Å². The number of nitro benzene ring substituents is 1. The van der Waals surface area contributed by atoms with Crippen molar-refractivity contribution in [2.45, 2.75) is 18.2 Å². The van der Waals surface area contributed by atoms with Gasteiger partial charge in [-0.05, 0) is 12.5 Å². The number of amides is 1. The van der Waals surface area contributed by atoms with Gasteiger partial charge in [-0.3, -0.25) is 14.9 Å². The predicted octanol–water partition coefficient (Wildman–Crippen LogP) is 2.78. The molecule has 19 heavy (non-hydrogen) atoms. The molecule has 0 saturated heterocycles. The molecule has 1 aromatic carbocycles. The van der Waals surface area contributed by atoms with Gasteiger partial charge in [0.15, 0.2) is 0 Å². The third-order valence-corrected chi connectivity index (χ3v) is 2.78. The molecule has 1 amide bonds. The van der Waals surface area contributed by atoms with Crippen molar-refractivity contribution < 1.29 is 18.5 Å². The Labute approximate surface area is 116 Å². The molecule has 0 aliphatic carbocycles. The van der Waals surface area contributed by atoms with E-state index in [0.717, 1.165) is 0 Å².